The lowest BCUT2D eigenvalue weighted by atomic mass is 9.62. The molecule has 0 aromatic heterocycles. The van der Waals surface area contributed by atoms with E-state index in [1.165, 1.54) is 24.0 Å². The van der Waals surface area contributed by atoms with Crippen molar-refractivity contribution in [2.45, 2.75) is 103 Å². The second-order valence-electron chi connectivity index (χ2n) is 11.1. The molecule has 0 radical (unpaired) electrons. The van der Waals surface area contributed by atoms with Gasteiger partial charge in [-0.1, -0.05) is 48.8 Å². The maximum absolute atomic E-state index is 12.5. The highest BCUT2D eigenvalue weighted by Crippen LogP contribution is 2.56. The highest BCUT2D eigenvalue weighted by molar-refractivity contribution is 7.86. The average Bonchev–Trinajstić information content (AvgIpc) is 3.00. The van der Waals surface area contributed by atoms with Gasteiger partial charge in [-0.25, -0.2) is 0 Å². The molecular weight excluding hydrogens is 392 g/mol. The maximum Gasteiger partial charge on any atom is 0.0602 e. The second-order valence-corrected chi connectivity index (χ2v) is 13.4. The third-order valence-electron chi connectivity index (χ3n) is 7.63. The molecule has 170 valence electrons. The summed E-state index contributed by atoms with van der Waals surface area (Å²) in [4.78, 5) is 0. The van der Waals surface area contributed by atoms with Gasteiger partial charge in [0.1, 0.15) is 0 Å². The minimum atomic E-state index is -0.788. The van der Waals surface area contributed by atoms with Crippen molar-refractivity contribution in [1.29, 1.82) is 0 Å². The Kier molecular flexibility index (Phi) is 7.52. The second kappa shape index (κ2) is 9.42. The van der Waals surface area contributed by atoms with Gasteiger partial charge in [-0.15, -0.1) is 0 Å². The van der Waals surface area contributed by atoms with Crippen LogP contribution in [0.25, 0.3) is 0 Å². The van der Waals surface area contributed by atoms with Gasteiger partial charge < -0.3 is 10.2 Å². The fourth-order valence-electron chi connectivity index (χ4n) is 5.89. The predicted octanol–water partition coefficient (Wildman–Crippen LogP) is 5.45. The van der Waals surface area contributed by atoms with E-state index >= 15 is 0 Å². The summed E-state index contributed by atoms with van der Waals surface area (Å²) in [5.41, 5.74) is 4.50. The number of aliphatic hydroxyl groups excluding tert-OH is 2. The Morgan fingerprint density at radius 3 is 2.53 bits per heavy atom. The number of rotatable bonds is 5. The summed E-state index contributed by atoms with van der Waals surface area (Å²) >= 11 is 0. The van der Waals surface area contributed by atoms with E-state index in [0.717, 1.165) is 25.0 Å². The minimum absolute atomic E-state index is 0.134. The van der Waals surface area contributed by atoms with E-state index < -0.39 is 23.0 Å². The smallest absolute Gasteiger partial charge is 0.0602 e. The first-order chi connectivity index (χ1) is 14.0. The number of allylic oxidation sites excluding steroid dienone is 5. The summed E-state index contributed by atoms with van der Waals surface area (Å²) in [7, 11) is -0.788. The molecule has 3 rings (SSSR count). The van der Waals surface area contributed by atoms with Crippen LogP contribution in [0.15, 0.2) is 34.9 Å². The Labute approximate surface area is 186 Å². The molecule has 2 saturated carbocycles. The summed E-state index contributed by atoms with van der Waals surface area (Å²) < 4.78 is 12.4. The molecular formula is C26H42O3S. The number of hydrogen-bond acceptors (Lipinski definition) is 3. The van der Waals surface area contributed by atoms with Gasteiger partial charge in [-0.2, -0.15) is 0 Å². The van der Waals surface area contributed by atoms with Gasteiger partial charge in [0.15, 0.2) is 0 Å². The first-order valence-electron chi connectivity index (χ1n) is 11.8. The summed E-state index contributed by atoms with van der Waals surface area (Å²) in [6.07, 6.45) is 13.7. The van der Waals surface area contributed by atoms with E-state index in [1.807, 2.05) is 0 Å². The van der Waals surface area contributed by atoms with Crippen molar-refractivity contribution >= 4 is 10.8 Å². The van der Waals surface area contributed by atoms with E-state index in [2.05, 4.69) is 52.8 Å². The standard InChI is InChI=1S/C26H42O3S/c1-18(12-14-30(29)25(2,3)4)23-10-11-24-20(7-6-13-26(23,24)5)9-8-19-15-21(27)17-22(28)16-19/h8-10,18,21-22,24,27-28H,6-7,11-17H2,1-5H3/b20-9+/t18-,21-,22-,24+,26-,30?/m1/s1. The van der Waals surface area contributed by atoms with Crippen molar-refractivity contribution in [2.75, 3.05) is 5.75 Å². The van der Waals surface area contributed by atoms with E-state index in [0.29, 0.717) is 31.1 Å². The van der Waals surface area contributed by atoms with Gasteiger partial charge in [0, 0.05) is 21.3 Å². The first-order valence-corrected chi connectivity index (χ1v) is 13.2. The molecule has 0 spiro atoms. The van der Waals surface area contributed by atoms with Crippen LogP contribution < -0.4 is 0 Å². The fraction of sp³-hybridized carbons (Fsp3) is 0.769. The Morgan fingerprint density at radius 1 is 1.23 bits per heavy atom. The monoisotopic (exact) mass is 434 g/mol. The van der Waals surface area contributed by atoms with Crippen molar-refractivity contribution in [3.8, 4) is 0 Å². The van der Waals surface area contributed by atoms with Crippen LogP contribution >= 0.6 is 0 Å². The third-order valence-corrected chi connectivity index (χ3v) is 9.61. The Hall–Kier alpha value is -0.710. The van der Waals surface area contributed by atoms with Gasteiger partial charge in [0.25, 0.3) is 0 Å². The molecule has 3 aliphatic carbocycles. The van der Waals surface area contributed by atoms with Crippen molar-refractivity contribution in [3.05, 3.63) is 34.9 Å². The molecule has 0 saturated heterocycles. The van der Waals surface area contributed by atoms with Gasteiger partial charge in [0.2, 0.25) is 0 Å². The molecule has 0 aliphatic heterocycles. The minimum Gasteiger partial charge on any atom is -0.393 e. The summed E-state index contributed by atoms with van der Waals surface area (Å²) in [5, 5.41) is 19.9. The quantitative estimate of drug-likeness (QED) is 0.565. The molecule has 0 aromatic rings. The highest BCUT2D eigenvalue weighted by atomic mass is 32.2. The molecule has 2 N–H and O–H groups in total. The molecule has 6 atom stereocenters. The zero-order valence-corrected chi connectivity index (χ0v) is 20.4. The molecule has 30 heavy (non-hydrogen) atoms. The number of hydrogen-bond donors (Lipinski definition) is 2. The molecule has 0 amide bonds. The fourth-order valence-corrected chi connectivity index (χ4v) is 7.07. The normalized spacial score (nSPS) is 35.7. The average molecular weight is 435 g/mol. The summed E-state index contributed by atoms with van der Waals surface area (Å²) in [6, 6.07) is 0. The van der Waals surface area contributed by atoms with Crippen LogP contribution in [0.4, 0.5) is 0 Å². The topological polar surface area (TPSA) is 57.5 Å². The summed E-state index contributed by atoms with van der Waals surface area (Å²) in [5.74, 6) is 1.82. The van der Waals surface area contributed by atoms with Crippen LogP contribution in [0.5, 0.6) is 0 Å². The van der Waals surface area contributed by atoms with Gasteiger partial charge >= 0.3 is 0 Å². The maximum atomic E-state index is 12.5. The molecule has 0 heterocycles. The van der Waals surface area contributed by atoms with Gasteiger partial charge in [0.05, 0.1) is 12.2 Å². The van der Waals surface area contributed by atoms with E-state index in [-0.39, 0.29) is 10.2 Å². The Morgan fingerprint density at radius 2 is 1.90 bits per heavy atom. The van der Waals surface area contributed by atoms with Crippen LogP contribution in [0.1, 0.15) is 86.0 Å². The lowest BCUT2D eigenvalue weighted by Gasteiger charge is -2.42. The molecule has 3 nitrogen and oxygen atoms in total. The highest BCUT2D eigenvalue weighted by Gasteiger charge is 2.46. The lowest BCUT2D eigenvalue weighted by Crippen LogP contribution is -2.33. The van der Waals surface area contributed by atoms with Gasteiger partial charge in [-0.3, -0.25) is 4.21 Å². The Bertz CT molecular complexity index is 730. The lowest BCUT2D eigenvalue weighted by molar-refractivity contribution is 0.0609. The molecule has 1 unspecified atom stereocenters. The summed E-state index contributed by atoms with van der Waals surface area (Å²) in [6.45, 7) is 11.0. The largest absolute Gasteiger partial charge is 0.393 e. The number of aliphatic hydroxyl groups is 2. The van der Waals surface area contributed by atoms with Crippen molar-refractivity contribution in [2.24, 2.45) is 17.3 Å². The Balaban J connectivity index is 1.69. The molecule has 3 aliphatic rings. The van der Waals surface area contributed by atoms with Crippen LogP contribution in [0, 0.1) is 17.3 Å². The van der Waals surface area contributed by atoms with Crippen molar-refractivity contribution in [3.63, 3.8) is 0 Å². The molecule has 0 aromatic carbocycles. The van der Waals surface area contributed by atoms with Crippen molar-refractivity contribution in [1.82, 2.24) is 0 Å². The van der Waals surface area contributed by atoms with Crippen LogP contribution in [0.2, 0.25) is 0 Å². The third kappa shape index (κ3) is 5.37. The molecule has 4 heteroatoms. The van der Waals surface area contributed by atoms with Gasteiger partial charge in [-0.05, 0) is 89.4 Å². The van der Waals surface area contributed by atoms with Crippen LogP contribution in [0.3, 0.4) is 0 Å². The van der Waals surface area contributed by atoms with E-state index in [1.54, 1.807) is 5.57 Å². The number of fused-ring (bicyclic) bond motifs is 1. The van der Waals surface area contributed by atoms with Crippen LogP contribution in [-0.4, -0.2) is 37.1 Å². The predicted molar refractivity (Wildman–Crippen MR) is 127 cm³/mol. The molecule has 0 bridgehead atoms. The van der Waals surface area contributed by atoms with E-state index in [9.17, 15) is 14.4 Å². The van der Waals surface area contributed by atoms with Crippen molar-refractivity contribution < 1.29 is 14.4 Å². The first kappa shape index (κ1) is 23.9. The van der Waals surface area contributed by atoms with Crippen LogP contribution in [-0.2, 0) is 10.8 Å². The zero-order valence-electron chi connectivity index (χ0n) is 19.6. The van der Waals surface area contributed by atoms with E-state index in [4.69, 9.17) is 0 Å². The molecule has 2 fully saturated rings. The SMILES string of the molecule is C[C@H](CCS(=O)C(C)(C)C)C1=CC[C@H]2/C(=C/C=C3C[C@@H](O)C[C@H](O)C3)CCC[C@]12C. The zero-order chi connectivity index (χ0) is 22.1.